The summed E-state index contributed by atoms with van der Waals surface area (Å²) in [4.78, 5) is 4.54. The van der Waals surface area contributed by atoms with Crippen molar-refractivity contribution in [2.24, 2.45) is 4.99 Å². The minimum atomic E-state index is 0.613. The SMILES string of the molecule is CCOc1ccccc1N=Cc1cc(OC)c(OC)cc1C. The zero-order chi connectivity index (χ0) is 15.9. The van der Waals surface area contributed by atoms with Crippen LogP contribution in [0.2, 0.25) is 0 Å². The van der Waals surface area contributed by atoms with Crippen LogP contribution in [0.4, 0.5) is 5.69 Å². The minimum Gasteiger partial charge on any atom is -0.493 e. The van der Waals surface area contributed by atoms with Gasteiger partial charge >= 0.3 is 0 Å². The molecule has 0 aliphatic carbocycles. The highest BCUT2D eigenvalue weighted by Gasteiger charge is 2.07. The molecule has 0 saturated carbocycles. The van der Waals surface area contributed by atoms with E-state index in [-0.39, 0.29) is 0 Å². The average molecular weight is 299 g/mol. The number of hydrogen-bond donors (Lipinski definition) is 0. The van der Waals surface area contributed by atoms with Gasteiger partial charge in [-0.1, -0.05) is 12.1 Å². The second-order valence-electron chi connectivity index (χ2n) is 4.72. The maximum atomic E-state index is 5.58. The number of para-hydroxylation sites is 2. The second kappa shape index (κ2) is 7.50. The third-order valence-electron chi connectivity index (χ3n) is 3.28. The molecule has 0 heterocycles. The van der Waals surface area contributed by atoms with Crippen LogP contribution in [0, 0.1) is 6.92 Å². The molecule has 0 amide bonds. The first-order chi connectivity index (χ1) is 10.7. The van der Waals surface area contributed by atoms with Crippen LogP contribution >= 0.6 is 0 Å². The third kappa shape index (κ3) is 3.58. The highest BCUT2D eigenvalue weighted by Crippen LogP contribution is 2.31. The van der Waals surface area contributed by atoms with Crippen LogP contribution in [0.3, 0.4) is 0 Å². The lowest BCUT2D eigenvalue weighted by Crippen LogP contribution is -1.95. The Bertz CT molecular complexity index is 665. The van der Waals surface area contributed by atoms with E-state index in [1.807, 2.05) is 56.5 Å². The second-order valence-corrected chi connectivity index (χ2v) is 4.72. The summed E-state index contributed by atoms with van der Waals surface area (Å²) in [6, 6.07) is 11.6. The summed E-state index contributed by atoms with van der Waals surface area (Å²) in [5.41, 5.74) is 2.85. The van der Waals surface area contributed by atoms with Crippen LogP contribution in [0.25, 0.3) is 0 Å². The van der Waals surface area contributed by atoms with Gasteiger partial charge in [0.2, 0.25) is 0 Å². The summed E-state index contributed by atoms with van der Waals surface area (Å²) < 4.78 is 16.2. The van der Waals surface area contributed by atoms with Crippen molar-refractivity contribution in [2.75, 3.05) is 20.8 Å². The number of rotatable bonds is 6. The van der Waals surface area contributed by atoms with E-state index in [0.717, 1.165) is 22.6 Å². The molecule has 0 atom stereocenters. The molecular weight excluding hydrogens is 278 g/mol. The smallest absolute Gasteiger partial charge is 0.161 e. The molecule has 0 aliphatic heterocycles. The zero-order valence-electron chi connectivity index (χ0n) is 13.4. The lowest BCUT2D eigenvalue weighted by atomic mass is 10.1. The molecule has 0 N–H and O–H groups in total. The van der Waals surface area contributed by atoms with Crippen molar-refractivity contribution in [1.29, 1.82) is 0 Å². The monoisotopic (exact) mass is 299 g/mol. The van der Waals surface area contributed by atoms with Crippen LogP contribution in [-0.4, -0.2) is 27.0 Å². The number of methoxy groups -OCH3 is 2. The van der Waals surface area contributed by atoms with Gasteiger partial charge in [0, 0.05) is 6.21 Å². The highest BCUT2D eigenvalue weighted by molar-refractivity contribution is 5.85. The third-order valence-corrected chi connectivity index (χ3v) is 3.28. The largest absolute Gasteiger partial charge is 0.493 e. The lowest BCUT2D eigenvalue weighted by Gasteiger charge is -2.10. The van der Waals surface area contributed by atoms with E-state index in [1.54, 1.807) is 14.2 Å². The minimum absolute atomic E-state index is 0.613. The molecule has 0 radical (unpaired) electrons. The fourth-order valence-corrected chi connectivity index (χ4v) is 2.12. The number of nitrogens with zero attached hydrogens (tertiary/aromatic N) is 1. The molecule has 2 rings (SSSR count). The molecule has 4 nitrogen and oxygen atoms in total. The van der Waals surface area contributed by atoms with Gasteiger partial charge in [-0.15, -0.1) is 0 Å². The normalized spacial score (nSPS) is 10.7. The van der Waals surface area contributed by atoms with E-state index < -0.39 is 0 Å². The first-order valence-electron chi connectivity index (χ1n) is 7.18. The summed E-state index contributed by atoms with van der Waals surface area (Å²) in [7, 11) is 3.25. The Kier molecular flexibility index (Phi) is 5.42. The van der Waals surface area contributed by atoms with Crippen LogP contribution in [0.15, 0.2) is 41.4 Å². The van der Waals surface area contributed by atoms with Crippen LogP contribution in [0.5, 0.6) is 17.2 Å². The first kappa shape index (κ1) is 15.9. The van der Waals surface area contributed by atoms with Crippen LogP contribution in [0.1, 0.15) is 18.1 Å². The number of hydrogen-bond acceptors (Lipinski definition) is 4. The fraction of sp³-hybridized carbons (Fsp3) is 0.278. The van der Waals surface area contributed by atoms with Crippen molar-refractivity contribution in [3.8, 4) is 17.2 Å². The molecule has 22 heavy (non-hydrogen) atoms. The van der Waals surface area contributed by atoms with Gasteiger partial charge in [-0.3, -0.25) is 4.99 Å². The van der Waals surface area contributed by atoms with Crippen LogP contribution < -0.4 is 14.2 Å². The Labute approximate surface area is 131 Å². The maximum Gasteiger partial charge on any atom is 0.161 e. The van der Waals surface area contributed by atoms with Gasteiger partial charge in [0.05, 0.1) is 20.8 Å². The maximum absolute atomic E-state index is 5.58. The highest BCUT2D eigenvalue weighted by atomic mass is 16.5. The van der Waals surface area contributed by atoms with Gasteiger partial charge in [-0.25, -0.2) is 0 Å². The molecule has 4 heteroatoms. The van der Waals surface area contributed by atoms with Crippen molar-refractivity contribution in [1.82, 2.24) is 0 Å². The summed E-state index contributed by atoms with van der Waals surface area (Å²) in [5, 5.41) is 0. The molecule has 0 saturated heterocycles. The van der Waals surface area contributed by atoms with E-state index in [2.05, 4.69) is 4.99 Å². The van der Waals surface area contributed by atoms with Gasteiger partial charge < -0.3 is 14.2 Å². The number of aliphatic imine (C=N–C) groups is 1. The molecule has 0 aliphatic rings. The predicted molar refractivity (Wildman–Crippen MR) is 89.1 cm³/mol. The first-order valence-corrected chi connectivity index (χ1v) is 7.18. The topological polar surface area (TPSA) is 40.0 Å². The van der Waals surface area contributed by atoms with Crippen molar-refractivity contribution in [3.63, 3.8) is 0 Å². The van der Waals surface area contributed by atoms with E-state index in [4.69, 9.17) is 14.2 Å². The molecule has 2 aromatic carbocycles. The quantitative estimate of drug-likeness (QED) is 0.752. The predicted octanol–water partition coefficient (Wildman–Crippen LogP) is 4.16. The van der Waals surface area contributed by atoms with E-state index >= 15 is 0 Å². The van der Waals surface area contributed by atoms with Gasteiger partial charge in [0.15, 0.2) is 11.5 Å². The Morgan fingerprint density at radius 2 is 1.68 bits per heavy atom. The van der Waals surface area contributed by atoms with E-state index in [9.17, 15) is 0 Å². The van der Waals surface area contributed by atoms with Gasteiger partial charge in [0.1, 0.15) is 11.4 Å². The van der Waals surface area contributed by atoms with Gasteiger partial charge in [-0.05, 0) is 49.2 Å². The molecule has 0 aromatic heterocycles. The number of aryl methyl sites for hydroxylation is 1. The van der Waals surface area contributed by atoms with Crippen molar-refractivity contribution in [2.45, 2.75) is 13.8 Å². The Hall–Kier alpha value is -2.49. The van der Waals surface area contributed by atoms with Gasteiger partial charge in [0.25, 0.3) is 0 Å². The Morgan fingerprint density at radius 3 is 2.36 bits per heavy atom. The molecule has 116 valence electrons. The van der Waals surface area contributed by atoms with Crippen molar-refractivity contribution < 1.29 is 14.2 Å². The number of benzene rings is 2. The van der Waals surface area contributed by atoms with Gasteiger partial charge in [-0.2, -0.15) is 0 Å². The molecular formula is C18H21NO3. The van der Waals surface area contributed by atoms with Crippen molar-refractivity contribution >= 4 is 11.9 Å². The zero-order valence-corrected chi connectivity index (χ0v) is 13.4. The summed E-state index contributed by atoms with van der Waals surface area (Å²) in [6.45, 7) is 4.58. The molecule has 0 unspecified atom stereocenters. The Morgan fingerprint density at radius 1 is 1.00 bits per heavy atom. The van der Waals surface area contributed by atoms with Crippen molar-refractivity contribution in [3.05, 3.63) is 47.5 Å². The summed E-state index contributed by atoms with van der Waals surface area (Å²) in [6.07, 6.45) is 1.81. The average Bonchev–Trinajstić information content (AvgIpc) is 2.55. The molecule has 0 spiro atoms. The summed E-state index contributed by atoms with van der Waals surface area (Å²) in [5.74, 6) is 2.18. The number of ether oxygens (including phenoxy) is 3. The standard InChI is InChI=1S/C18H21NO3/c1-5-22-16-9-7-6-8-15(16)19-12-14-11-18(21-4)17(20-3)10-13(14)2/h6-12H,5H2,1-4H3. The molecule has 0 fully saturated rings. The van der Waals surface area contributed by atoms with Crippen LogP contribution in [-0.2, 0) is 0 Å². The van der Waals surface area contributed by atoms with E-state index in [0.29, 0.717) is 18.1 Å². The molecule has 2 aromatic rings. The molecule has 0 bridgehead atoms. The summed E-state index contributed by atoms with van der Waals surface area (Å²) >= 11 is 0. The lowest BCUT2D eigenvalue weighted by molar-refractivity contribution is 0.341. The van der Waals surface area contributed by atoms with E-state index in [1.165, 1.54) is 0 Å². The fourth-order valence-electron chi connectivity index (χ4n) is 2.12. The Balaban J connectivity index is 2.34.